The predicted molar refractivity (Wildman–Crippen MR) is 142 cm³/mol. The van der Waals surface area contributed by atoms with Gasteiger partial charge in [-0.2, -0.15) is 4.31 Å². The van der Waals surface area contributed by atoms with Gasteiger partial charge in [0.15, 0.2) is 0 Å². The highest BCUT2D eigenvalue weighted by Gasteiger charge is 2.31. The van der Waals surface area contributed by atoms with Crippen molar-refractivity contribution in [3.8, 4) is 22.6 Å². The van der Waals surface area contributed by atoms with Crippen molar-refractivity contribution in [2.75, 3.05) is 31.1 Å². The van der Waals surface area contributed by atoms with E-state index in [0.29, 0.717) is 51.2 Å². The highest BCUT2D eigenvalue weighted by atomic mass is 79.9. The van der Waals surface area contributed by atoms with Gasteiger partial charge in [-0.3, -0.25) is 0 Å². The Kier molecular flexibility index (Phi) is 7.06. The van der Waals surface area contributed by atoms with Crippen LogP contribution in [0.1, 0.15) is 0 Å². The van der Waals surface area contributed by atoms with Crippen LogP contribution in [0.5, 0.6) is 0 Å². The standard InChI is InChI=1S/C24H19BrCl2FN5O2S/c25-17-6-4-15(12-19(17)28)20-14-29-24(30-20)16-5-7-18(26)21(13-16)36(34,35)33-10-8-32(9-11-33)23-3-1-2-22(27)31-23/h1-7,12-14H,8-11H2,(H,29,30). The van der Waals surface area contributed by atoms with Gasteiger partial charge in [-0.25, -0.2) is 22.8 Å². The van der Waals surface area contributed by atoms with Gasteiger partial charge in [-0.15, -0.1) is 0 Å². The summed E-state index contributed by atoms with van der Waals surface area (Å²) in [5.41, 5.74) is 1.76. The summed E-state index contributed by atoms with van der Waals surface area (Å²) < 4.78 is 42.7. The van der Waals surface area contributed by atoms with Gasteiger partial charge in [-0.05, 0) is 58.4 Å². The van der Waals surface area contributed by atoms with Crippen molar-refractivity contribution in [2.24, 2.45) is 0 Å². The average Bonchev–Trinajstić information content (AvgIpc) is 3.36. The van der Waals surface area contributed by atoms with E-state index in [1.165, 1.54) is 22.5 Å². The van der Waals surface area contributed by atoms with E-state index < -0.39 is 15.8 Å². The van der Waals surface area contributed by atoms with Crippen LogP contribution >= 0.6 is 39.1 Å². The quantitative estimate of drug-likeness (QED) is 0.286. The summed E-state index contributed by atoms with van der Waals surface area (Å²) in [6.45, 7) is 1.48. The van der Waals surface area contributed by atoms with Gasteiger partial charge in [0.25, 0.3) is 0 Å². The summed E-state index contributed by atoms with van der Waals surface area (Å²) in [6.07, 6.45) is 1.57. The Morgan fingerprint density at radius 1 is 0.972 bits per heavy atom. The number of aromatic amines is 1. The molecule has 2 aromatic carbocycles. The van der Waals surface area contributed by atoms with E-state index >= 15 is 0 Å². The molecule has 1 N–H and O–H groups in total. The molecule has 36 heavy (non-hydrogen) atoms. The highest BCUT2D eigenvalue weighted by Crippen LogP contribution is 2.31. The molecule has 3 heterocycles. The fourth-order valence-electron chi connectivity index (χ4n) is 4.00. The number of nitrogens with zero attached hydrogens (tertiary/aromatic N) is 4. The summed E-state index contributed by atoms with van der Waals surface area (Å²) in [4.78, 5) is 13.8. The summed E-state index contributed by atoms with van der Waals surface area (Å²) in [7, 11) is -3.86. The Balaban J connectivity index is 1.38. The van der Waals surface area contributed by atoms with Gasteiger partial charge >= 0.3 is 0 Å². The van der Waals surface area contributed by atoms with E-state index in [4.69, 9.17) is 23.2 Å². The number of imidazole rings is 1. The minimum atomic E-state index is -3.86. The minimum absolute atomic E-state index is 0.00336. The summed E-state index contributed by atoms with van der Waals surface area (Å²) in [6, 6.07) is 14.8. The molecule has 0 saturated carbocycles. The molecule has 0 unspecified atom stereocenters. The van der Waals surface area contributed by atoms with Crippen LogP contribution in [0.15, 0.2) is 70.2 Å². The van der Waals surface area contributed by atoms with Gasteiger partial charge in [0.05, 0.1) is 21.4 Å². The molecule has 2 aromatic heterocycles. The average molecular weight is 611 g/mol. The Labute approximate surface area is 226 Å². The third-order valence-corrected chi connectivity index (χ3v) is 9.13. The molecule has 0 aliphatic carbocycles. The zero-order chi connectivity index (χ0) is 25.4. The summed E-state index contributed by atoms with van der Waals surface area (Å²) in [5, 5.41) is 0.511. The van der Waals surface area contributed by atoms with E-state index in [-0.39, 0.29) is 23.0 Å². The first-order chi connectivity index (χ1) is 17.2. The Morgan fingerprint density at radius 3 is 2.44 bits per heavy atom. The van der Waals surface area contributed by atoms with Crippen LogP contribution in [0.4, 0.5) is 10.2 Å². The van der Waals surface area contributed by atoms with Crippen LogP contribution in [0.25, 0.3) is 22.6 Å². The molecule has 0 spiro atoms. The Hall–Kier alpha value is -2.50. The molecule has 0 radical (unpaired) electrons. The summed E-state index contributed by atoms with van der Waals surface area (Å²) in [5.74, 6) is 0.756. The maximum Gasteiger partial charge on any atom is 0.244 e. The number of halogens is 4. The monoisotopic (exact) mass is 609 g/mol. The molecule has 5 rings (SSSR count). The van der Waals surface area contributed by atoms with Crippen molar-refractivity contribution in [3.05, 3.63) is 81.3 Å². The van der Waals surface area contributed by atoms with Crippen LogP contribution in [0, 0.1) is 5.82 Å². The van der Waals surface area contributed by atoms with Gasteiger partial charge in [-0.1, -0.05) is 35.3 Å². The second-order valence-corrected chi connectivity index (χ2v) is 11.7. The number of anilines is 1. The number of benzene rings is 2. The fourth-order valence-corrected chi connectivity index (χ4v) is 6.33. The first-order valence-corrected chi connectivity index (χ1v) is 13.9. The number of H-pyrrole nitrogens is 1. The number of hydrogen-bond acceptors (Lipinski definition) is 5. The topological polar surface area (TPSA) is 82.2 Å². The molecule has 0 bridgehead atoms. The number of pyridine rings is 1. The minimum Gasteiger partial charge on any atom is -0.354 e. The molecule has 186 valence electrons. The largest absolute Gasteiger partial charge is 0.354 e. The number of sulfonamides is 1. The van der Waals surface area contributed by atoms with Crippen molar-refractivity contribution in [1.82, 2.24) is 19.3 Å². The van der Waals surface area contributed by atoms with Gasteiger partial charge < -0.3 is 9.88 Å². The van der Waals surface area contributed by atoms with E-state index in [0.717, 1.165) is 0 Å². The lowest BCUT2D eigenvalue weighted by Gasteiger charge is -2.34. The van der Waals surface area contributed by atoms with Crippen molar-refractivity contribution in [2.45, 2.75) is 4.90 Å². The van der Waals surface area contributed by atoms with E-state index in [1.54, 1.807) is 30.5 Å². The van der Waals surface area contributed by atoms with Crippen LogP contribution < -0.4 is 4.90 Å². The number of rotatable bonds is 5. The molecule has 1 fully saturated rings. The van der Waals surface area contributed by atoms with Crippen LogP contribution in [-0.4, -0.2) is 53.9 Å². The van der Waals surface area contributed by atoms with Gasteiger partial charge in [0, 0.05) is 37.3 Å². The summed E-state index contributed by atoms with van der Waals surface area (Å²) >= 11 is 15.5. The van der Waals surface area contributed by atoms with Gasteiger partial charge in [0.1, 0.15) is 27.5 Å². The van der Waals surface area contributed by atoms with Crippen molar-refractivity contribution in [1.29, 1.82) is 0 Å². The second-order valence-electron chi connectivity index (χ2n) is 8.13. The normalized spacial score (nSPS) is 14.8. The molecule has 7 nitrogen and oxygen atoms in total. The zero-order valence-electron chi connectivity index (χ0n) is 18.6. The van der Waals surface area contributed by atoms with Crippen LogP contribution in [0.3, 0.4) is 0 Å². The second kappa shape index (κ2) is 10.1. The molecule has 1 saturated heterocycles. The molecule has 0 atom stereocenters. The van der Waals surface area contributed by atoms with Crippen LogP contribution in [0.2, 0.25) is 10.2 Å². The SMILES string of the molecule is O=S(=O)(c1cc(-c2ncc(-c3ccc(Br)c(F)c3)[nH]2)ccc1Cl)N1CCN(c2cccc(Cl)n2)CC1. The molecular weight excluding hydrogens is 592 g/mol. The molecule has 12 heteroatoms. The smallest absolute Gasteiger partial charge is 0.244 e. The lowest BCUT2D eigenvalue weighted by molar-refractivity contribution is 0.384. The number of nitrogens with one attached hydrogen (secondary N) is 1. The predicted octanol–water partition coefficient (Wildman–Crippen LogP) is 5.86. The Bertz CT molecular complexity index is 1540. The first-order valence-electron chi connectivity index (χ1n) is 10.9. The van der Waals surface area contributed by atoms with E-state index in [2.05, 4.69) is 30.9 Å². The number of aromatic nitrogens is 3. The molecule has 4 aromatic rings. The third-order valence-electron chi connectivity index (χ3n) is 5.89. The zero-order valence-corrected chi connectivity index (χ0v) is 22.5. The van der Waals surface area contributed by atoms with Crippen LogP contribution in [-0.2, 0) is 10.0 Å². The van der Waals surface area contributed by atoms with Gasteiger partial charge in [0.2, 0.25) is 10.0 Å². The maximum absolute atomic E-state index is 14.0. The van der Waals surface area contributed by atoms with Crippen molar-refractivity contribution >= 4 is 55.0 Å². The molecular formula is C24H19BrCl2FN5O2S. The molecule has 0 amide bonds. The lowest BCUT2D eigenvalue weighted by atomic mass is 10.2. The van der Waals surface area contributed by atoms with Crippen molar-refractivity contribution in [3.63, 3.8) is 0 Å². The van der Waals surface area contributed by atoms with Crippen molar-refractivity contribution < 1.29 is 12.8 Å². The maximum atomic E-state index is 14.0. The Morgan fingerprint density at radius 2 is 1.72 bits per heavy atom. The third kappa shape index (κ3) is 5.01. The highest BCUT2D eigenvalue weighted by molar-refractivity contribution is 9.10. The van der Waals surface area contributed by atoms with E-state index in [9.17, 15) is 12.8 Å². The molecule has 1 aliphatic heterocycles. The number of piperazine rings is 1. The van der Waals surface area contributed by atoms with E-state index in [1.807, 2.05) is 17.0 Å². The first kappa shape index (κ1) is 25.2. The fraction of sp³-hybridized carbons (Fsp3) is 0.167. The number of hydrogen-bond donors (Lipinski definition) is 1. The lowest BCUT2D eigenvalue weighted by Crippen LogP contribution is -2.49. The molecule has 1 aliphatic rings.